The largest absolute Gasteiger partial charge is 0.341 e. The number of amides is 1. The van der Waals surface area contributed by atoms with Crippen LogP contribution in [-0.2, 0) is 21.4 Å². The van der Waals surface area contributed by atoms with E-state index < -0.39 is 10.0 Å². The van der Waals surface area contributed by atoms with Crippen molar-refractivity contribution in [1.82, 2.24) is 15.0 Å². The van der Waals surface area contributed by atoms with Crippen molar-refractivity contribution in [3.05, 3.63) is 82.8 Å². The second kappa shape index (κ2) is 8.04. The van der Waals surface area contributed by atoms with Gasteiger partial charge in [0.2, 0.25) is 0 Å². The molecule has 0 aliphatic carbocycles. The van der Waals surface area contributed by atoms with E-state index in [1.807, 2.05) is 18.2 Å². The molecule has 6 rings (SSSR count). The van der Waals surface area contributed by atoms with E-state index in [9.17, 15) is 13.2 Å². The molecule has 0 saturated carbocycles. The number of aromatic nitrogens is 1. The van der Waals surface area contributed by atoms with Crippen LogP contribution in [0.2, 0.25) is 0 Å². The Morgan fingerprint density at radius 1 is 1.03 bits per heavy atom. The predicted molar refractivity (Wildman–Crippen MR) is 143 cm³/mol. The van der Waals surface area contributed by atoms with Gasteiger partial charge in [-0.1, -0.05) is 48.2 Å². The van der Waals surface area contributed by atoms with Gasteiger partial charge in [0.1, 0.15) is 4.90 Å². The highest BCUT2D eigenvalue weighted by Crippen LogP contribution is 2.35. The summed E-state index contributed by atoms with van der Waals surface area (Å²) >= 11 is 6.57. The first-order chi connectivity index (χ1) is 16.9. The van der Waals surface area contributed by atoms with Crippen LogP contribution in [0.15, 0.2) is 80.9 Å². The Morgan fingerprint density at radius 2 is 1.77 bits per heavy atom. The van der Waals surface area contributed by atoms with E-state index in [0.717, 1.165) is 40.2 Å². The summed E-state index contributed by atoms with van der Waals surface area (Å²) in [5.41, 5.74) is 6.41. The van der Waals surface area contributed by atoms with Crippen molar-refractivity contribution in [2.75, 3.05) is 0 Å². The molecule has 2 aliphatic heterocycles. The summed E-state index contributed by atoms with van der Waals surface area (Å²) in [5, 5.41) is 3.45. The molecule has 0 bridgehead atoms. The van der Waals surface area contributed by atoms with E-state index >= 15 is 0 Å². The quantitative estimate of drug-likeness (QED) is 0.314. The van der Waals surface area contributed by atoms with E-state index in [1.54, 1.807) is 24.3 Å². The summed E-state index contributed by atoms with van der Waals surface area (Å²) < 4.78 is 31.0. The van der Waals surface area contributed by atoms with E-state index in [4.69, 9.17) is 12.2 Å². The Bertz CT molecular complexity index is 1750. The molecule has 0 atom stereocenters. The zero-order valence-electron chi connectivity index (χ0n) is 18.4. The number of para-hydroxylation sites is 1. The lowest BCUT2D eigenvalue weighted by atomic mass is 10.1. The van der Waals surface area contributed by atoms with Crippen LogP contribution in [-0.4, -0.2) is 34.1 Å². The summed E-state index contributed by atoms with van der Waals surface area (Å²) in [5.74, 6) is -0.285. The number of hydrazine groups is 1. The number of nitrogens with one attached hydrogen (secondary N) is 1. The highest BCUT2D eigenvalue weighted by Gasteiger charge is 2.36. The molecule has 35 heavy (non-hydrogen) atoms. The van der Waals surface area contributed by atoms with Crippen LogP contribution in [0.25, 0.3) is 27.9 Å². The molecule has 3 aromatic carbocycles. The molecular weight excluding hydrogens is 501 g/mol. The molecule has 4 aromatic rings. The minimum atomic E-state index is -3.81. The smallest absolute Gasteiger partial charge is 0.285 e. The minimum Gasteiger partial charge on any atom is -0.341 e. The van der Waals surface area contributed by atoms with E-state index in [2.05, 4.69) is 45.6 Å². The van der Waals surface area contributed by atoms with Crippen LogP contribution in [0.3, 0.4) is 0 Å². The van der Waals surface area contributed by atoms with Crippen LogP contribution in [0.4, 0.5) is 0 Å². The molecule has 174 valence electrons. The number of sulfonamides is 1. The summed E-state index contributed by atoms with van der Waals surface area (Å²) in [4.78, 5) is 13.7. The third-order valence-corrected chi connectivity index (χ3v) is 8.69. The highest BCUT2D eigenvalue weighted by atomic mass is 32.2. The zero-order chi connectivity index (χ0) is 24.3. The maximum absolute atomic E-state index is 13.2. The van der Waals surface area contributed by atoms with Gasteiger partial charge in [-0.15, -0.1) is 4.40 Å². The lowest BCUT2D eigenvalue weighted by Gasteiger charge is -2.16. The van der Waals surface area contributed by atoms with Crippen LogP contribution in [0.1, 0.15) is 18.1 Å². The zero-order valence-corrected chi connectivity index (χ0v) is 20.9. The van der Waals surface area contributed by atoms with Crippen molar-refractivity contribution in [2.45, 2.75) is 18.4 Å². The van der Waals surface area contributed by atoms with Gasteiger partial charge >= 0.3 is 0 Å². The summed E-state index contributed by atoms with van der Waals surface area (Å²) in [7, 11) is -3.81. The third-order valence-electron chi connectivity index (χ3n) is 6.05. The summed E-state index contributed by atoms with van der Waals surface area (Å²) in [6, 6.07) is 20.9. The maximum atomic E-state index is 13.2. The third kappa shape index (κ3) is 3.48. The van der Waals surface area contributed by atoms with Gasteiger partial charge in [-0.25, -0.2) is 0 Å². The number of carbonyl (C=O) groups excluding carboxylic acids is 1. The van der Waals surface area contributed by atoms with E-state index in [-0.39, 0.29) is 21.0 Å². The van der Waals surface area contributed by atoms with Crippen LogP contribution >= 0.6 is 24.0 Å². The summed E-state index contributed by atoms with van der Waals surface area (Å²) in [6.07, 6.45) is 1.81. The number of thioether (sulfide) groups is 1. The SMILES string of the molecule is CCn1c2ccccc2c2cc(/C=C3\SC(=S)N(NC4=NS(=O)(=O)c5ccccc54)C3=O)ccc21. The average molecular weight is 519 g/mol. The molecule has 7 nitrogen and oxygen atoms in total. The molecule has 1 saturated heterocycles. The normalized spacial score (nSPS) is 18.0. The minimum absolute atomic E-state index is 0.0759. The number of thiocarbonyl (C=S) groups is 1. The molecule has 10 heteroatoms. The monoisotopic (exact) mass is 518 g/mol. The van der Waals surface area contributed by atoms with Crippen molar-refractivity contribution in [3.8, 4) is 0 Å². The molecule has 0 spiro atoms. The Morgan fingerprint density at radius 3 is 2.60 bits per heavy atom. The van der Waals surface area contributed by atoms with Crippen molar-refractivity contribution in [2.24, 2.45) is 4.40 Å². The fraction of sp³-hybridized carbons (Fsp3) is 0.0800. The number of hydrogen-bond donors (Lipinski definition) is 1. The molecule has 0 unspecified atom stereocenters. The highest BCUT2D eigenvalue weighted by molar-refractivity contribution is 8.26. The molecule has 1 N–H and O–H groups in total. The van der Waals surface area contributed by atoms with Gasteiger partial charge < -0.3 is 4.57 Å². The van der Waals surface area contributed by atoms with Gasteiger partial charge in [0.05, 0.1) is 4.91 Å². The van der Waals surface area contributed by atoms with Gasteiger partial charge in [-0.05, 0) is 61.1 Å². The second-order valence-corrected chi connectivity index (χ2v) is 11.3. The number of fused-ring (bicyclic) bond motifs is 4. The fourth-order valence-electron chi connectivity index (χ4n) is 4.51. The first-order valence-corrected chi connectivity index (χ1v) is 13.5. The number of nitrogens with zero attached hydrogens (tertiary/aromatic N) is 3. The van der Waals surface area contributed by atoms with Gasteiger partial charge in [0.25, 0.3) is 15.9 Å². The molecule has 1 amide bonds. The van der Waals surface area contributed by atoms with Crippen molar-refractivity contribution < 1.29 is 13.2 Å². The number of aryl methyl sites for hydroxylation is 1. The van der Waals surface area contributed by atoms with E-state index in [1.165, 1.54) is 16.6 Å². The van der Waals surface area contributed by atoms with Crippen LogP contribution in [0, 0.1) is 0 Å². The molecule has 1 aromatic heterocycles. The molecule has 3 heterocycles. The first kappa shape index (κ1) is 22.0. The topological polar surface area (TPSA) is 83.8 Å². The summed E-state index contributed by atoms with van der Waals surface area (Å²) in [6.45, 7) is 2.98. The lowest BCUT2D eigenvalue weighted by Crippen LogP contribution is -2.44. The second-order valence-electron chi connectivity index (χ2n) is 8.08. The van der Waals surface area contributed by atoms with Crippen molar-refractivity contribution in [3.63, 3.8) is 0 Å². The van der Waals surface area contributed by atoms with E-state index in [0.29, 0.717) is 10.5 Å². The number of benzene rings is 3. The maximum Gasteiger partial charge on any atom is 0.285 e. The average Bonchev–Trinajstić information content (AvgIpc) is 3.41. The molecular formula is C25H18N4O3S3. The molecule has 2 aliphatic rings. The lowest BCUT2D eigenvalue weighted by molar-refractivity contribution is -0.123. The van der Waals surface area contributed by atoms with Gasteiger partial charge in [-0.3, -0.25) is 10.2 Å². The Hall–Kier alpha value is -3.47. The number of rotatable bonds is 3. The van der Waals surface area contributed by atoms with Crippen molar-refractivity contribution >= 4 is 77.9 Å². The number of amidine groups is 1. The Labute approximate surface area is 211 Å². The predicted octanol–water partition coefficient (Wildman–Crippen LogP) is 4.67. The van der Waals surface area contributed by atoms with Gasteiger partial charge in [0.15, 0.2) is 10.2 Å². The van der Waals surface area contributed by atoms with Gasteiger partial charge in [-0.2, -0.15) is 13.4 Å². The first-order valence-electron chi connectivity index (χ1n) is 10.9. The van der Waals surface area contributed by atoms with Gasteiger partial charge in [0, 0.05) is 33.9 Å². The standard InChI is InChI=1S/C25H18N4O3S3/c1-2-28-19-9-5-3-7-16(19)18-13-15(11-12-20(18)28)14-21-24(30)29(25(33)34-21)26-23-17-8-4-6-10-22(17)35(31,32)27-23/h3-14H,2H2,1H3,(H,26,27)/b21-14-. The Kier molecular flexibility index (Phi) is 5.06. The number of hydrogen-bond acceptors (Lipinski definition) is 6. The Balaban J connectivity index is 1.34. The molecule has 1 fully saturated rings. The molecule has 0 radical (unpaired) electrons. The fourth-order valence-corrected chi connectivity index (χ4v) is 6.86. The van der Waals surface area contributed by atoms with Crippen molar-refractivity contribution in [1.29, 1.82) is 0 Å². The van der Waals surface area contributed by atoms with Crippen LogP contribution in [0.5, 0.6) is 0 Å². The van der Waals surface area contributed by atoms with Crippen LogP contribution < -0.4 is 5.43 Å². The number of carbonyl (C=O) groups is 1.